The van der Waals surface area contributed by atoms with Crippen LogP contribution in [0.1, 0.15) is 55.1 Å². The lowest BCUT2D eigenvalue weighted by Gasteiger charge is -2.40. The molecule has 1 saturated heterocycles. The maximum Gasteiger partial charge on any atom is 0.410 e. The summed E-state index contributed by atoms with van der Waals surface area (Å²) in [5.74, 6) is -0.858. The van der Waals surface area contributed by atoms with Crippen LogP contribution < -0.4 is 0 Å². The van der Waals surface area contributed by atoms with Crippen molar-refractivity contribution in [3.05, 3.63) is 83.4 Å². The number of esters is 2. The number of hydrogen-bond acceptors (Lipinski definition) is 6. The Morgan fingerprint density at radius 1 is 0.919 bits per heavy atom. The van der Waals surface area contributed by atoms with E-state index >= 15 is 0 Å². The smallest absolute Gasteiger partial charge is 0.410 e. The van der Waals surface area contributed by atoms with Gasteiger partial charge in [-0.05, 0) is 67.6 Å². The van der Waals surface area contributed by atoms with Gasteiger partial charge in [-0.15, -0.1) is 0 Å². The molecule has 7 heteroatoms. The van der Waals surface area contributed by atoms with E-state index < -0.39 is 29.0 Å². The Balaban J connectivity index is 1.67. The van der Waals surface area contributed by atoms with Crippen LogP contribution in [0.3, 0.4) is 0 Å². The summed E-state index contributed by atoms with van der Waals surface area (Å²) in [5.41, 5.74) is 0.333. The van der Waals surface area contributed by atoms with Gasteiger partial charge in [-0.3, -0.25) is 4.79 Å². The van der Waals surface area contributed by atoms with Crippen LogP contribution in [-0.4, -0.2) is 48.7 Å². The van der Waals surface area contributed by atoms with E-state index in [0.717, 1.165) is 16.3 Å². The molecule has 0 radical (unpaired) electrons. The predicted octanol–water partition coefficient (Wildman–Crippen LogP) is 5.64. The van der Waals surface area contributed by atoms with E-state index in [4.69, 9.17) is 14.2 Å². The summed E-state index contributed by atoms with van der Waals surface area (Å²) in [6.07, 6.45) is 0.278. The third-order valence-electron chi connectivity index (χ3n) is 6.69. The van der Waals surface area contributed by atoms with Crippen LogP contribution in [0.4, 0.5) is 4.79 Å². The van der Waals surface area contributed by atoms with Gasteiger partial charge >= 0.3 is 18.0 Å². The third-order valence-corrected chi connectivity index (χ3v) is 6.69. The van der Waals surface area contributed by atoms with Crippen molar-refractivity contribution in [1.82, 2.24) is 4.90 Å². The van der Waals surface area contributed by atoms with Crippen molar-refractivity contribution < 1.29 is 28.6 Å². The zero-order valence-electron chi connectivity index (χ0n) is 21.8. The summed E-state index contributed by atoms with van der Waals surface area (Å²) in [6.45, 7) is 6.25. The molecule has 0 atom stereocenters. The molecule has 1 aliphatic heterocycles. The number of carbonyl (C=O) groups excluding carboxylic acids is 3. The van der Waals surface area contributed by atoms with Gasteiger partial charge in [-0.1, -0.05) is 54.6 Å². The van der Waals surface area contributed by atoms with Crippen LogP contribution in [0.15, 0.2) is 66.7 Å². The quantitative estimate of drug-likeness (QED) is 0.331. The van der Waals surface area contributed by atoms with Crippen LogP contribution >= 0.6 is 0 Å². The maximum absolute atomic E-state index is 13.3. The van der Waals surface area contributed by atoms with E-state index in [1.807, 2.05) is 81.4 Å². The molecule has 0 N–H and O–H groups in total. The first-order valence-corrected chi connectivity index (χ1v) is 12.4. The Kier molecular flexibility index (Phi) is 7.52. The highest BCUT2D eigenvalue weighted by atomic mass is 16.6. The van der Waals surface area contributed by atoms with Crippen molar-refractivity contribution in [2.75, 3.05) is 20.2 Å². The molecule has 194 valence electrons. The molecular formula is C30H33NO6. The minimum atomic E-state index is -1.01. The molecule has 1 fully saturated rings. The van der Waals surface area contributed by atoms with E-state index in [1.165, 1.54) is 7.11 Å². The van der Waals surface area contributed by atoms with Gasteiger partial charge in [-0.25, -0.2) is 9.59 Å². The molecule has 0 aromatic heterocycles. The Morgan fingerprint density at radius 2 is 1.57 bits per heavy atom. The molecule has 0 aliphatic carbocycles. The first-order valence-electron chi connectivity index (χ1n) is 12.4. The van der Waals surface area contributed by atoms with Gasteiger partial charge in [0.15, 0.2) is 0 Å². The van der Waals surface area contributed by atoms with E-state index in [9.17, 15) is 14.4 Å². The van der Waals surface area contributed by atoms with Crippen LogP contribution in [-0.2, 0) is 31.0 Å². The monoisotopic (exact) mass is 503 g/mol. The lowest BCUT2D eigenvalue weighted by atomic mass is 9.72. The second-order valence-corrected chi connectivity index (χ2v) is 10.3. The highest BCUT2D eigenvalue weighted by Crippen LogP contribution is 2.39. The molecule has 4 rings (SSSR count). The summed E-state index contributed by atoms with van der Waals surface area (Å²) in [7, 11) is 1.36. The number of amides is 1. The van der Waals surface area contributed by atoms with Crippen LogP contribution in [0.5, 0.6) is 0 Å². The van der Waals surface area contributed by atoms with Crippen molar-refractivity contribution in [1.29, 1.82) is 0 Å². The van der Waals surface area contributed by atoms with E-state index in [1.54, 1.807) is 11.0 Å². The molecule has 3 aromatic rings. The highest BCUT2D eigenvalue weighted by Gasteiger charge is 2.46. The molecular weight excluding hydrogens is 470 g/mol. The molecule has 1 amide bonds. The topological polar surface area (TPSA) is 82.1 Å². The number of likely N-dealkylation sites (tertiary alicyclic amines) is 1. The third kappa shape index (κ3) is 5.77. The van der Waals surface area contributed by atoms with Crippen molar-refractivity contribution in [3.63, 3.8) is 0 Å². The number of benzene rings is 3. The average molecular weight is 504 g/mol. The Morgan fingerprint density at radius 3 is 2.22 bits per heavy atom. The number of methoxy groups -OCH3 is 1. The van der Waals surface area contributed by atoms with Gasteiger partial charge in [0.1, 0.15) is 12.2 Å². The zero-order valence-corrected chi connectivity index (χ0v) is 21.8. The van der Waals surface area contributed by atoms with E-state index in [-0.39, 0.29) is 6.61 Å². The first kappa shape index (κ1) is 26.2. The molecule has 0 spiro atoms. The fourth-order valence-electron chi connectivity index (χ4n) is 4.76. The number of nitrogens with zero attached hydrogens (tertiary/aromatic N) is 1. The Labute approximate surface area is 217 Å². The largest absolute Gasteiger partial charge is 0.468 e. The van der Waals surface area contributed by atoms with Crippen molar-refractivity contribution in [2.24, 2.45) is 0 Å². The number of rotatable bonds is 5. The zero-order chi connectivity index (χ0) is 26.6. The fraction of sp³-hybridized carbons (Fsp3) is 0.367. The molecule has 1 heterocycles. The molecule has 0 saturated carbocycles. The molecule has 0 unspecified atom stereocenters. The summed E-state index contributed by atoms with van der Waals surface area (Å²) in [6, 6.07) is 20.7. The average Bonchev–Trinajstić information content (AvgIpc) is 2.90. The lowest BCUT2D eigenvalue weighted by Crippen LogP contribution is -2.50. The fourth-order valence-corrected chi connectivity index (χ4v) is 4.76. The summed E-state index contributed by atoms with van der Waals surface area (Å²) in [4.78, 5) is 40.8. The standard InChI is InChI=1S/C30H33NO6/c1-29(2,3)37-28(34)31-16-14-30(15-17-31,27(33)35-4)23-18-22-12-8-9-13-24(22)25(19-23)26(32)36-20-21-10-6-5-7-11-21/h5-13,18-19H,14-17,20H2,1-4H3. The van der Waals surface area contributed by atoms with Gasteiger partial charge in [-0.2, -0.15) is 0 Å². The van der Waals surface area contributed by atoms with Crippen LogP contribution in [0.2, 0.25) is 0 Å². The lowest BCUT2D eigenvalue weighted by molar-refractivity contribution is -0.149. The normalized spacial score (nSPS) is 15.2. The van der Waals surface area contributed by atoms with Crippen molar-refractivity contribution in [2.45, 2.75) is 51.2 Å². The molecule has 37 heavy (non-hydrogen) atoms. The van der Waals surface area contributed by atoms with Crippen molar-refractivity contribution >= 4 is 28.8 Å². The predicted molar refractivity (Wildman–Crippen MR) is 140 cm³/mol. The Hall–Kier alpha value is -3.87. The minimum absolute atomic E-state index is 0.144. The number of carbonyl (C=O) groups is 3. The van der Waals surface area contributed by atoms with Crippen LogP contribution in [0, 0.1) is 0 Å². The summed E-state index contributed by atoms with van der Waals surface area (Å²) in [5, 5.41) is 1.57. The molecule has 3 aromatic carbocycles. The second kappa shape index (κ2) is 10.6. The van der Waals surface area contributed by atoms with Gasteiger partial charge in [0, 0.05) is 13.1 Å². The summed E-state index contributed by atoms with van der Waals surface area (Å²) >= 11 is 0. The molecule has 7 nitrogen and oxygen atoms in total. The first-order chi connectivity index (χ1) is 17.6. The number of fused-ring (bicyclic) bond motifs is 1. The Bertz CT molecular complexity index is 1290. The van der Waals surface area contributed by atoms with E-state index in [0.29, 0.717) is 37.1 Å². The van der Waals surface area contributed by atoms with E-state index in [2.05, 4.69) is 0 Å². The second-order valence-electron chi connectivity index (χ2n) is 10.3. The number of hydrogen-bond donors (Lipinski definition) is 0. The molecule has 0 bridgehead atoms. The minimum Gasteiger partial charge on any atom is -0.468 e. The maximum atomic E-state index is 13.3. The number of piperidine rings is 1. The van der Waals surface area contributed by atoms with Gasteiger partial charge in [0.25, 0.3) is 0 Å². The molecule has 1 aliphatic rings. The summed E-state index contributed by atoms with van der Waals surface area (Å²) < 4.78 is 16.4. The SMILES string of the molecule is COC(=O)C1(c2cc(C(=O)OCc3ccccc3)c3ccccc3c2)CCN(C(=O)OC(C)(C)C)CC1. The van der Waals surface area contributed by atoms with Gasteiger partial charge in [0.2, 0.25) is 0 Å². The van der Waals surface area contributed by atoms with Crippen molar-refractivity contribution in [3.8, 4) is 0 Å². The van der Waals surface area contributed by atoms with Gasteiger partial charge < -0.3 is 19.1 Å². The van der Waals surface area contributed by atoms with Gasteiger partial charge in [0.05, 0.1) is 18.1 Å². The van der Waals surface area contributed by atoms with Crippen LogP contribution in [0.25, 0.3) is 10.8 Å². The highest BCUT2D eigenvalue weighted by molar-refractivity contribution is 6.05. The number of ether oxygens (including phenoxy) is 3.